The summed E-state index contributed by atoms with van der Waals surface area (Å²) in [6, 6.07) is 8.52. The normalized spacial score (nSPS) is 18.6. The molecule has 100 valence electrons. The van der Waals surface area contributed by atoms with Gasteiger partial charge in [-0.3, -0.25) is 0 Å². The summed E-state index contributed by atoms with van der Waals surface area (Å²) in [7, 11) is 0. The summed E-state index contributed by atoms with van der Waals surface area (Å²) in [5.74, 6) is 0.924. The van der Waals surface area contributed by atoms with Crippen LogP contribution < -0.4 is 4.74 Å². The van der Waals surface area contributed by atoms with Crippen molar-refractivity contribution < 1.29 is 9.47 Å². The zero-order valence-electron chi connectivity index (χ0n) is 11.6. The minimum absolute atomic E-state index is 0.337. The molecule has 0 atom stereocenters. The van der Waals surface area contributed by atoms with Crippen LogP contribution in [0.2, 0.25) is 0 Å². The highest BCUT2D eigenvalue weighted by Gasteiger charge is 2.28. The average Bonchev–Trinajstić information content (AvgIpc) is 2.40. The zero-order valence-corrected chi connectivity index (χ0v) is 11.6. The highest BCUT2D eigenvalue weighted by atomic mass is 16.7. The van der Waals surface area contributed by atoms with E-state index < -0.39 is 0 Å². The van der Waals surface area contributed by atoms with Crippen LogP contribution in [0.3, 0.4) is 0 Å². The van der Waals surface area contributed by atoms with Crippen molar-refractivity contribution in [3.63, 3.8) is 0 Å². The van der Waals surface area contributed by atoms with E-state index in [9.17, 15) is 0 Å². The van der Waals surface area contributed by atoms with Crippen molar-refractivity contribution in [3.8, 4) is 5.75 Å². The van der Waals surface area contributed by atoms with Gasteiger partial charge >= 0.3 is 0 Å². The van der Waals surface area contributed by atoms with E-state index in [-0.39, 0.29) is 0 Å². The van der Waals surface area contributed by atoms with Gasteiger partial charge in [0.2, 0.25) is 0 Å². The van der Waals surface area contributed by atoms with E-state index >= 15 is 0 Å². The molecule has 0 spiro atoms. The van der Waals surface area contributed by atoms with Gasteiger partial charge in [-0.2, -0.15) is 0 Å². The summed E-state index contributed by atoms with van der Waals surface area (Å²) in [6.07, 6.45) is 6.67. The Hall–Kier alpha value is -1.02. The molecule has 1 aromatic carbocycles. The molecule has 2 rings (SSSR count). The Labute approximate surface area is 110 Å². The highest BCUT2D eigenvalue weighted by Crippen LogP contribution is 2.39. The summed E-state index contributed by atoms with van der Waals surface area (Å²) in [6.45, 7) is 5.39. The lowest BCUT2D eigenvalue weighted by Gasteiger charge is -2.34. The molecular weight excluding hydrogens is 224 g/mol. The second-order valence-electron chi connectivity index (χ2n) is 5.40. The molecule has 0 heterocycles. The Balaban J connectivity index is 2.06. The largest absolute Gasteiger partial charge is 0.468 e. The molecule has 0 aromatic heterocycles. The minimum atomic E-state index is 0.337. The van der Waals surface area contributed by atoms with Crippen LogP contribution >= 0.6 is 0 Å². The Morgan fingerprint density at radius 2 is 1.94 bits per heavy atom. The first kappa shape index (κ1) is 13.4. The summed E-state index contributed by atoms with van der Waals surface area (Å²) in [4.78, 5) is 0. The van der Waals surface area contributed by atoms with Gasteiger partial charge < -0.3 is 9.47 Å². The van der Waals surface area contributed by atoms with Gasteiger partial charge in [0.15, 0.2) is 6.79 Å². The second-order valence-corrected chi connectivity index (χ2v) is 5.40. The van der Waals surface area contributed by atoms with E-state index in [2.05, 4.69) is 25.1 Å². The van der Waals surface area contributed by atoms with Crippen molar-refractivity contribution in [1.29, 1.82) is 0 Å². The molecule has 0 bridgehead atoms. The number of ether oxygens (including phenoxy) is 2. The molecule has 0 saturated heterocycles. The smallest absolute Gasteiger partial charge is 0.189 e. The fraction of sp³-hybridized carbons (Fsp3) is 0.625. The molecule has 0 N–H and O–H groups in total. The van der Waals surface area contributed by atoms with Crippen LogP contribution in [0.1, 0.15) is 51.5 Å². The van der Waals surface area contributed by atoms with Gasteiger partial charge in [-0.05, 0) is 42.9 Å². The molecule has 1 aromatic rings. The summed E-state index contributed by atoms with van der Waals surface area (Å²) >= 11 is 0. The first-order valence-corrected chi connectivity index (χ1v) is 7.06. The second kappa shape index (κ2) is 6.24. The van der Waals surface area contributed by atoms with Gasteiger partial charge in [-0.25, -0.2) is 0 Å². The maximum absolute atomic E-state index is 5.60. The van der Waals surface area contributed by atoms with Crippen molar-refractivity contribution >= 4 is 0 Å². The SMILES string of the molecule is CCOCOc1cccc(C2(C)CCCCC2)c1. The third kappa shape index (κ3) is 3.26. The van der Waals surface area contributed by atoms with Crippen molar-refractivity contribution in [2.24, 2.45) is 0 Å². The van der Waals surface area contributed by atoms with E-state index in [4.69, 9.17) is 9.47 Å². The van der Waals surface area contributed by atoms with E-state index in [1.807, 2.05) is 13.0 Å². The number of rotatable bonds is 5. The lowest BCUT2D eigenvalue weighted by molar-refractivity contribution is 0.0223. The number of hydrogen-bond acceptors (Lipinski definition) is 2. The van der Waals surface area contributed by atoms with Gasteiger partial charge in [0.25, 0.3) is 0 Å². The van der Waals surface area contributed by atoms with E-state index in [0.717, 1.165) is 5.75 Å². The Morgan fingerprint density at radius 1 is 1.17 bits per heavy atom. The van der Waals surface area contributed by atoms with E-state index in [1.54, 1.807) is 0 Å². The zero-order chi connectivity index (χ0) is 12.8. The third-order valence-electron chi connectivity index (χ3n) is 4.00. The van der Waals surface area contributed by atoms with Gasteiger partial charge in [-0.15, -0.1) is 0 Å². The van der Waals surface area contributed by atoms with Crippen LogP contribution in [0, 0.1) is 0 Å². The minimum Gasteiger partial charge on any atom is -0.468 e. The third-order valence-corrected chi connectivity index (χ3v) is 4.00. The standard InChI is InChI=1S/C16H24O2/c1-3-17-13-18-15-9-7-8-14(12-15)16(2)10-5-4-6-11-16/h7-9,12H,3-6,10-11,13H2,1-2H3. The van der Waals surface area contributed by atoms with Gasteiger partial charge in [-0.1, -0.05) is 38.3 Å². The topological polar surface area (TPSA) is 18.5 Å². The molecule has 0 radical (unpaired) electrons. The van der Waals surface area contributed by atoms with Crippen LogP contribution in [0.15, 0.2) is 24.3 Å². The molecule has 0 amide bonds. The predicted octanol–water partition coefficient (Wildman–Crippen LogP) is 4.28. The Morgan fingerprint density at radius 3 is 2.67 bits per heavy atom. The molecule has 1 fully saturated rings. The maximum Gasteiger partial charge on any atom is 0.189 e. The van der Waals surface area contributed by atoms with Crippen molar-refractivity contribution in [2.45, 2.75) is 51.4 Å². The Bertz CT molecular complexity index is 367. The van der Waals surface area contributed by atoms with Crippen LogP contribution in [0.25, 0.3) is 0 Å². The maximum atomic E-state index is 5.60. The number of hydrogen-bond donors (Lipinski definition) is 0. The number of benzene rings is 1. The highest BCUT2D eigenvalue weighted by molar-refractivity contribution is 5.33. The summed E-state index contributed by atoms with van der Waals surface area (Å²) in [5.41, 5.74) is 1.75. The molecule has 2 nitrogen and oxygen atoms in total. The van der Waals surface area contributed by atoms with Crippen LogP contribution in [0.5, 0.6) is 5.75 Å². The first-order valence-electron chi connectivity index (χ1n) is 7.06. The van der Waals surface area contributed by atoms with Gasteiger partial charge in [0.05, 0.1) is 0 Å². The van der Waals surface area contributed by atoms with Crippen LogP contribution in [0.4, 0.5) is 0 Å². The van der Waals surface area contributed by atoms with E-state index in [1.165, 1.54) is 37.7 Å². The summed E-state index contributed by atoms with van der Waals surface area (Å²) < 4.78 is 10.8. The van der Waals surface area contributed by atoms with Crippen molar-refractivity contribution in [1.82, 2.24) is 0 Å². The fourth-order valence-electron chi connectivity index (χ4n) is 2.78. The predicted molar refractivity (Wildman–Crippen MR) is 74.0 cm³/mol. The molecule has 1 saturated carbocycles. The first-order chi connectivity index (χ1) is 8.74. The molecule has 1 aliphatic rings. The average molecular weight is 248 g/mol. The van der Waals surface area contributed by atoms with Crippen LogP contribution in [-0.2, 0) is 10.2 Å². The summed E-state index contributed by atoms with van der Waals surface area (Å²) in [5, 5.41) is 0. The van der Waals surface area contributed by atoms with Gasteiger partial charge in [0, 0.05) is 6.61 Å². The molecule has 2 heteroatoms. The quantitative estimate of drug-likeness (QED) is 0.572. The molecule has 1 aliphatic carbocycles. The molecular formula is C16H24O2. The van der Waals surface area contributed by atoms with Gasteiger partial charge in [0.1, 0.15) is 5.75 Å². The van der Waals surface area contributed by atoms with Crippen LogP contribution in [-0.4, -0.2) is 13.4 Å². The fourth-order valence-corrected chi connectivity index (χ4v) is 2.78. The molecule has 0 unspecified atom stereocenters. The van der Waals surface area contributed by atoms with Crippen molar-refractivity contribution in [3.05, 3.63) is 29.8 Å². The molecule has 18 heavy (non-hydrogen) atoms. The van der Waals surface area contributed by atoms with Crippen molar-refractivity contribution in [2.75, 3.05) is 13.4 Å². The lowest BCUT2D eigenvalue weighted by atomic mass is 9.71. The lowest BCUT2D eigenvalue weighted by Crippen LogP contribution is -2.24. The Kier molecular flexibility index (Phi) is 4.65. The van der Waals surface area contributed by atoms with E-state index in [0.29, 0.717) is 18.8 Å². The molecule has 0 aliphatic heterocycles. The monoisotopic (exact) mass is 248 g/mol.